The number of ketones is 1. The molecule has 0 heterocycles. The molecule has 4 nitrogen and oxygen atoms in total. The first-order chi connectivity index (χ1) is 4.95. The summed E-state index contributed by atoms with van der Waals surface area (Å²) in [5.41, 5.74) is 0. The van der Waals surface area contributed by atoms with Gasteiger partial charge >= 0.3 is 0 Å². The van der Waals surface area contributed by atoms with Crippen molar-refractivity contribution in [2.75, 3.05) is 7.05 Å². The second-order valence-electron chi connectivity index (χ2n) is 2.00. The molecular weight excluding hydrogens is 166 g/mol. The van der Waals surface area contributed by atoms with E-state index in [0.717, 1.165) is 6.08 Å². The summed E-state index contributed by atoms with van der Waals surface area (Å²) in [7, 11) is -2.21. The van der Waals surface area contributed by atoms with E-state index in [0.29, 0.717) is 0 Å². The molecule has 0 aliphatic heterocycles. The maximum atomic E-state index is 10.9. The van der Waals surface area contributed by atoms with E-state index < -0.39 is 21.1 Å². The average Bonchev–Trinajstić information content (AvgIpc) is 2.01. The minimum absolute atomic E-state index is 0.501. The molecule has 0 aliphatic rings. The standard InChI is InChI=1S/C6H11NO3S/c1-4-6(8)5(2)11(9,10)7-3/h4-5,7H,1H2,2-3H3. The van der Waals surface area contributed by atoms with Gasteiger partial charge < -0.3 is 0 Å². The average molecular weight is 177 g/mol. The molecule has 64 valence electrons. The van der Waals surface area contributed by atoms with Gasteiger partial charge in [-0.25, -0.2) is 13.1 Å². The molecule has 0 spiro atoms. The molecule has 1 atom stereocenters. The molecule has 0 aliphatic carbocycles. The van der Waals surface area contributed by atoms with Gasteiger partial charge in [-0.3, -0.25) is 4.79 Å². The second-order valence-corrected chi connectivity index (χ2v) is 4.20. The van der Waals surface area contributed by atoms with Crippen molar-refractivity contribution >= 4 is 15.8 Å². The van der Waals surface area contributed by atoms with Gasteiger partial charge in [0.25, 0.3) is 0 Å². The molecule has 0 fully saturated rings. The molecule has 0 saturated heterocycles. The van der Waals surface area contributed by atoms with E-state index >= 15 is 0 Å². The summed E-state index contributed by atoms with van der Waals surface area (Å²) in [6.07, 6.45) is 1.000. The minimum atomic E-state index is -3.48. The molecule has 11 heavy (non-hydrogen) atoms. The predicted molar refractivity (Wildman–Crippen MR) is 42.6 cm³/mol. The van der Waals surface area contributed by atoms with Gasteiger partial charge in [-0.05, 0) is 20.0 Å². The predicted octanol–water partition coefficient (Wildman–Crippen LogP) is -0.321. The van der Waals surface area contributed by atoms with Gasteiger partial charge in [-0.1, -0.05) is 6.58 Å². The van der Waals surface area contributed by atoms with Crippen molar-refractivity contribution in [1.29, 1.82) is 0 Å². The van der Waals surface area contributed by atoms with Gasteiger partial charge in [0.1, 0.15) is 5.25 Å². The van der Waals surface area contributed by atoms with Gasteiger partial charge in [-0.2, -0.15) is 0 Å². The first-order valence-corrected chi connectivity index (χ1v) is 4.59. The molecule has 0 amide bonds. The number of rotatable bonds is 4. The molecule has 0 aromatic carbocycles. The first-order valence-electron chi connectivity index (χ1n) is 3.04. The Balaban J connectivity index is 4.62. The van der Waals surface area contributed by atoms with Crippen LogP contribution >= 0.6 is 0 Å². The van der Waals surface area contributed by atoms with Crippen molar-refractivity contribution in [1.82, 2.24) is 4.72 Å². The smallest absolute Gasteiger partial charge is 0.221 e. The Morgan fingerprint density at radius 3 is 2.36 bits per heavy atom. The summed E-state index contributed by atoms with van der Waals surface area (Å²) in [5, 5.41) is -1.05. The topological polar surface area (TPSA) is 63.2 Å². The number of hydrogen-bond donors (Lipinski definition) is 1. The fourth-order valence-corrected chi connectivity index (χ4v) is 1.25. The molecule has 0 radical (unpaired) electrons. The van der Waals surface area contributed by atoms with E-state index in [1.807, 2.05) is 0 Å². The van der Waals surface area contributed by atoms with Crippen LogP contribution in [0.4, 0.5) is 0 Å². The number of nitrogens with one attached hydrogen (secondary N) is 1. The highest BCUT2D eigenvalue weighted by Crippen LogP contribution is 1.98. The van der Waals surface area contributed by atoms with Crippen LogP contribution in [0, 0.1) is 0 Å². The third-order valence-corrected chi connectivity index (χ3v) is 3.08. The van der Waals surface area contributed by atoms with Crippen LogP contribution < -0.4 is 4.72 Å². The number of carbonyl (C=O) groups is 1. The van der Waals surface area contributed by atoms with Gasteiger partial charge in [0.2, 0.25) is 10.0 Å². The zero-order valence-corrected chi connectivity index (χ0v) is 7.31. The van der Waals surface area contributed by atoms with Crippen molar-refractivity contribution in [3.8, 4) is 0 Å². The summed E-state index contributed by atoms with van der Waals surface area (Å²) in [6, 6.07) is 0. The summed E-state index contributed by atoms with van der Waals surface area (Å²) < 4.78 is 23.9. The minimum Gasteiger partial charge on any atom is -0.293 e. The number of carbonyl (C=O) groups excluding carboxylic acids is 1. The van der Waals surface area contributed by atoms with Crippen molar-refractivity contribution in [2.45, 2.75) is 12.2 Å². The van der Waals surface area contributed by atoms with Gasteiger partial charge in [-0.15, -0.1) is 0 Å². The van der Waals surface area contributed by atoms with E-state index in [4.69, 9.17) is 0 Å². The Hall–Kier alpha value is -0.680. The normalized spacial score (nSPS) is 14.0. The maximum Gasteiger partial charge on any atom is 0.221 e. The van der Waals surface area contributed by atoms with Crippen molar-refractivity contribution in [3.63, 3.8) is 0 Å². The Morgan fingerprint density at radius 2 is 2.09 bits per heavy atom. The summed E-state index contributed by atoms with van der Waals surface area (Å²) >= 11 is 0. The molecule has 5 heteroatoms. The largest absolute Gasteiger partial charge is 0.293 e. The third-order valence-electron chi connectivity index (χ3n) is 1.35. The van der Waals surface area contributed by atoms with Crippen LogP contribution in [0.3, 0.4) is 0 Å². The van der Waals surface area contributed by atoms with E-state index in [2.05, 4.69) is 11.3 Å². The number of allylic oxidation sites excluding steroid dienone is 1. The fraction of sp³-hybridized carbons (Fsp3) is 0.500. The van der Waals surface area contributed by atoms with Crippen LogP contribution in [0.1, 0.15) is 6.92 Å². The Kier molecular flexibility index (Phi) is 3.41. The highest BCUT2D eigenvalue weighted by atomic mass is 32.2. The quantitative estimate of drug-likeness (QED) is 0.598. The van der Waals surface area contributed by atoms with Gasteiger partial charge in [0, 0.05) is 0 Å². The SMILES string of the molecule is C=CC(=O)C(C)S(=O)(=O)NC. The summed E-state index contributed by atoms with van der Waals surface area (Å²) in [4.78, 5) is 10.8. The van der Waals surface area contributed by atoms with Crippen LogP contribution in [-0.4, -0.2) is 26.5 Å². The molecule has 0 rings (SSSR count). The second kappa shape index (κ2) is 3.64. The first kappa shape index (κ1) is 10.3. The van der Waals surface area contributed by atoms with Crippen molar-refractivity contribution in [2.24, 2.45) is 0 Å². The summed E-state index contributed by atoms with van der Waals surface area (Å²) in [6.45, 7) is 4.50. The van der Waals surface area contributed by atoms with Crippen LogP contribution in [0.5, 0.6) is 0 Å². The summed E-state index contributed by atoms with van der Waals surface area (Å²) in [5.74, 6) is -0.501. The lowest BCUT2D eigenvalue weighted by atomic mass is 10.3. The van der Waals surface area contributed by atoms with Crippen LogP contribution in [0.15, 0.2) is 12.7 Å². The zero-order chi connectivity index (χ0) is 9.07. The van der Waals surface area contributed by atoms with Gasteiger partial charge in [0.15, 0.2) is 5.78 Å². The molecule has 0 saturated carbocycles. The lowest BCUT2D eigenvalue weighted by molar-refractivity contribution is -0.114. The lowest BCUT2D eigenvalue weighted by Crippen LogP contribution is -2.34. The van der Waals surface area contributed by atoms with Gasteiger partial charge in [0.05, 0.1) is 0 Å². The molecule has 1 N–H and O–H groups in total. The van der Waals surface area contributed by atoms with E-state index in [1.54, 1.807) is 0 Å². The van der Waals surface area contributed by atoms with Crippen LogP contribution in [0.2, 0.25) is 0 Å². The van der Waals surface area contributed by atoms with Crippen molar-refractivity contribution in [3.05, 3.63) is 12.7 Å². The number of sulfonamides is 1. The third kappa shape index (κ3) is 2.44. The molecular formula is C6H11NO3S. The Bertz CT molecular complexity index is 255. The van der Waals surface area contributed by atoms with E-state index in [-0.39, 0.29) is 0 Å². The lowest BCUT2D eigenvalue weighted by Gasteiger charge is -2.06. The molecule has 0 aromatic rings. The van der Waals surface area contributed by atoms with Crippen LogP contribution in [-0.2, 0) is 14.8 Å². The monoisotopic (exact) mass is 177 g/mol. The molecule has 0 aromatic heterocycles. The highest BCUT2D eigenvalue weighted by Gasteiger charge is 2.23. The zero-order valence-electron chi connectivity index (χ0n) is 6.49. The van der Waals surface area contributed by atoms with E-state index in [1.165, 1.54) is 14.0 Å². The fourth-order valence-electron chi connectivity index (χ4n) is 0.496. The highest BCUT2D eigenvalue weighted by molar-refractivity contribution is 7.90. The van der Waals surface area contributed by atoms with Crippen LogP contribution in [0.25, 0.3) is 0 Å². The Labute approximate surface area is 66.3 Å². The van der Waals surface area contributed by atoms with Crippen molar-refractivity contribution < 1.29 is 13.2 Å². The van der Waals surface area contributed by atoms with E-state index in [9.17, 15) is 13.2 Å². The molecule has 0 bridgehead atoms. The maximum absolute atomic E-state index is 10.9. The Morgan fingerprint density at radius 1 is 1.64 bits per heavy atom. The number of hydrogen-bond acceptors (Lipinski definition) is 3. The molecule has 1 unspecified atom stereocenters.